The third-order valence-electron chi connectivity index (χ3n) is 5.59. The van der Waals surface area contributed by atoms with Gasteiger partial charge < -0.3 is 9.72 Å². The number of rotatable bonds is 4. The van der Waals surface area contributed by atoms with Crippen LogP contribution in [0.1, 0.15) is 19.4 Å². The Hall–Kier alpha value is -4.58. The largest absolute Gasteiger partial charge is 0.467 e. The lowest BCUT2D eigenvalue weighted by Gasteiger charge is -2.16. The number of nitrogens with zero attached hydrogens (tertiary/aromatic N) is 6. The molecule has 5 rings (SSSR count). The summed E-state index contributed by atoms with van der Waals surface area (Å²) in [6.45, 7) is 3.71. The van der Waals surface area contributed by atoms with Crippen molar-refractivity contribution in [3.05, 3.63) is 71.0 Å². The zero-order valence-corrected chi connectivity index (χ0v) is 18.2. The highest BCUT2D eigenvalue weighted by atomic mass is 16.5. The topological polar surface area (TPSA) is 122 Å². The van der Waals surface area contributed by atoms with Gasteiger partial charge in [-0.05, 0) is 43.7 Å². The minimum Gasteiger partial charge on any atom is -0.467 e. The number of nitrogens with one attached hydrogen (secondary N) is 1. The van der Waals surface area contributed by atoms with Crippen LogP contribution in [0.3, 0.4) is 0 Å². The third-order valence-corrected chi connectivity index (χ3v) is 5.59. The normalized spacial score (nSPS) is 11.6. The van der Waals surface area contributed by atoms with E-state index in [1.165, 1.54) is 7.11 Å². The minimum atomic E-state index is -0.628. The first kappa shape index (κ1) is 20.3. The number of imidazole rings is 1. The number of pyridine rings is 2. The molecule has 0 saturated heterocycles. The zero-order chi connectivity index (χ0) is 23.2. The number of benzene rings is 1. The molecule has 4 aromatic heterocycles. The first-order valence-corrected chi connectivity index (χ1v) is 10.2. The van der Waals surface area contributed by atoms with Crippen LogP contribution in [0.25, 0.3) is 39.0 Å². The molecule has 33 heavy (non-hydrogen) atoms. The number of hydrogen-bond donors (Lipinski definition) is 1. The lowest BCUT2D eigenvalue weighted by molar-refractivity contribution is 0.380. The Labute approximate surface area is 188 Å². The lowest BCUT2D eigenvalue weighted by Crippen LogP contribution is -2.16. The zero-order valence-electron chi connectivity index (χ0n) is 18.2. The second-order valence-corrected chi connectivity index (χ2v) is 8.09. The molecular weight excluding hydrogens is 418 g/mol. The molecule has 0 unspecified atom stereocenters. The van der Waals surface area contributed by atoms with Gasteiger partial charge in [0.15, 0.2) is 0 Å². The molecule has 9 nitrogen and oxygen atoms in total. The molecule has 5 aromatic rings. The van der Waals surface area contributed by atoms with Gasteiger partial charge in [-0.15, -0.1) is 0 Å². The van der Waals surface area contributed by atoms with Gasteiger partial charge in [0, 0.05) is 18.0 Å². The fourth-order valence-corrected chi connectivity index (χ4v) is 3.70. The summed E-state index contributed by atoms with van der Waals surface area (Å²) in [7, 11) is 1.50. The maximum atomic E-state index is 12.9. The summed E-state index contributed by atoms with van der Waals surface area (Å²) in [5, 5.41) is 9.41. The molecule has 1 aromatic carbocycles. The standard InChI is InChI=1S/C24H19N7O2/c1-24(2,13-25)15-4-6-16(7-5-15)31-21-19(30-23(31)32)12-26-18-9-8-17(29-20(18)21)14-10-27-22(33-3)28-11-14/h4-12H,1-3H3,(H,30,32). The third kappa shape index (κ3) is 3.38. The summed E-state index contributed by atoms with van der Waals surface area (Å²) in [6.07, 6.45) is 4.89. The molecule has 0 aliphatic rings. The maximum Gasteiger partial charge on any atom is 0.331 e. The van der Waals surface area contributed by atoms with E-state index in [1.54, 1.807) is 23.2 Å². The molecule has 0 atom stereocenters. The van der Waals surface area contributed by atoms with E-state index in [9.17, 15) is 10.1 Å². The van der Waals surface area contributed by atoms with Crippen LogP contribution in [0.2, 0.25) is 0 Å². The Balaban J connectivity index is 1.71. The fraction of sp³-hybridized carbons (Fsp3) is 0.167. The molecule has 162 valence electrons. The van der Waals surface area contributed by atoms with Gasteiger partial charge in [0.1, 0.15) is 11.0 Å². The van der Waals surface area contributed by atoms with Gasteiger partial charge in [-0.1, -0.05) is 12.1 Å². The quantitative estimate of drug-likeness (QED) is 0.456. The molecule has 1 N–H and O–H groups in total. The fourth-order valence-electron chi connectivity index (χ4n) is 3.70. The first-order valence-electron chi connectivity index (χ1n) is 10.2. The van der Waals surface area contributed by atoms with Gasteiger partial charge in [0.2, 0.25) is 0 Å². The van der Waals surface area contributed by atoms with Crippen molar-refractivity contribution in [2.45, 2.75) is 19.3 Å². The van der Waals surface area contributed by atoms with Gasteiger partial charge in [-0.25, -0.2) is 19.7 Å². The Morgan fingerprint density at radius 3 is 2.42 bits per heavy atom. The number of ether oxygens (including phenoxy) is 1. The van der Waals surface area contributed by atoms with Gasteiger partial charge in [0.25, 0.3) is 0 Å². The van der Waals surface area contributed by atoms with E-state index in [0.717, 1.165) is 5.56 Å². The molecule has 0 spiro atoms. The maximum absolute atomic E-state index is 12.9. The van der Waals surface area contributed by atoms with Gasteiger partial charge in [-0.3, -0.25) is 9.55 Å². The van der Waals surface area contributed by atoms with E-state index in [0.29, 0.717) is 39.0 Å². The highest BCUT2D eigenvalue weighted by Gasteiger charge is 2.20. The predicted octanol–water partition coefficient (Wildman–Crippen LogP) is 3.53. The van der Waals surface area contributed by atoms with E-state index in [-0.39, 0.29) is 11.7 Å². The molecule has 0 bridgehead atoms. The Morgan fingerprint density at radius 1 is 1.03 bits per heavy atom. The number of aromatic nitrogens is 6. The van der Waals surface area contributed by atoms with E-state index in [4.69, 9.17) is 9.72 Å². The van der Waals surface area contributed by atoms with Crippen LogP contribution >= 0.6 is 0 Å². The molecule has 4 heterocycles. The molecule has 9 heteroatoms. The number of fused-ring (bicyclic) bond motifs is 3. The average molecular weight is 437 g/mol. The summed E-state index contributed by atoms with van der Waals surface area (Å²) in [5.74, 6) is 0. The summed E-state index contributed by atoms with van der Waals surface area (Å²) in [6, 6.07) is 13.6. The van der Waals surface area contributed by atoms with Crippen molar-refractivity contribution < 1.29 is 4.74 Å². The van der Waals surface area contributed by atoms with Crippen molar-refractivity contribution in [1.82, 2.24) is 29.5 Å². The van der Waals surface area contributed by atoms with Gasteiger partial charge in [-0.2, -0.15) is 5.26 Å². The average Bonchev–Trinajstić information content (AvgIpc) is 3.20. The summed E-state index contributed by atoms with van der Waals surface area (Å²) in [4.78, 5) is 33.3. The molecule has 0 amide bonds. The van der Waals surface area contributed by atoms with Crippen molar-refractivity contribution in [1.29, 1.82) is 5.26 Å². The van der Waals surface area contributed by atoms with Crippen molar-refractivity contribution >= 4 is 22.1 Å². The predicted molar refractivity (Wildman–Crippen MR) is 123 cm³/mol. The molecule has 0 saturated carbocycles. The van der Waals surface area contributed by atoms with E-state index in [2.05, 4.69) is 26.0 Å². The van der Waals surface area contributed by atoms with Crippen LogP contribution in [0.4, 0.5) is 0 Å². The van der Waals surface area contributed by atoms with Crippen molar-refractivity contribution in [2.24, 2.45) is 0 Å². The highest BCUT2D eigenvalue weighted by Crippen LogP contribution is 2.27. The van der Waals surface area contributed by atoms with Crippen LogP contribution in [0, 0.1) is 11.3 Å². The van der Waals surface area contributed by atoms with Gasteiger partial charge in [0.05, 0.1) is 47.2 Å². The molecule has 0 aliphatic heterocycles. The number of H-pyrrole nitrogens is 1. The highest BCUT2D eigenvalue weighted by molar-refractivity contribution is 6.00. The second-order valence-electron chi connectivity index (χ2n) is 8.09. The van der Waals surface area contributed by atoms with E-state index >= 15 is 0 Å². The van der Waals surface area contributed by atoms with Crippen molar-refractivity contribution in [3.63, 3.8) is 0 Å². The number of hydrogen-bond acceptors (Lipinski definition) is 7. The summed E-state index contributed by atoms with van der Waals surface area (Å²) >= 11 is 0. The second kappa shape index (κ2) is 7.53. The minimum absolute atomic E-state index is 0.270. The van der Waals surface area contributed by atoms with Crippen LogP contribution in [-0.2, 0) is 5.41 Å². The molecule has 0 radical (unpaired) electrons. The van der Waals surface area contributed by atoms with Gasteiger partial charge >= 0.3 is 11.7 Å². The lowest BCUT2D eigenvalue weighted by atomic mass is 9.86. The summed E-state index contributed by atoms with van der Waals surface area (Å²) < 4.78 is 6.60. The Morgan fingerprint density at radius 2 is 1.76 bits per heavy atom. The molecular formula is C24H19N7O2. The molecule has 0 fully saturated rings. The van der Waals surface area contributed by atoms with Crippen LogP contribution < -0.4 is 10.4 Å². The van der Waals surface area contributed by atoms with Crippen LogP contribution in [-0.4, -0.2) is 36.6 Å². The van der Waals surface area contributed by atoms with Crippen molar-refractivity contribution in [3.8, 4) is 29.0 Å². The van der Waals surface area contributed by atoms with E-state index in [1.807, 2.05) is 50.2 Å². The van der Waals surface area contributed by atoms with E-state index < -0.39 is 5.41 Å². The first-order chi connectivity index (χ1) is 15.9. The number of aromatic amines is 1. The van der Waals surface area contributed by atoms with Crippen LogP contribution in [0.15, 0.2) is 59.8 Å². The number of nitriles is 1. The Kier molecular flexibility index (Phi) is 4.64. The SMILES string of the molecule is COc1ncc(-c2ccc3ncc4[nH]c(=O)n(-c5ccc(C(C)(C)C#N)cc5)c4c3n2)cn1. The Bertz CT molecular complexity index is 1590. The monoisotopic (exact) mass is 437 g/mol. The summed E-state index contributed by atoms with van der Waals surface area (Å²) in [5.41, 5.74) is 4.37. The smallest absolute Gasteiger partial charge is 0.331 e. The number of methoxy groups -OCH3 is 1. The van der Waals surface area contributed by atoms with Crippen molar-refractivity contribution in [2.75, 3.05) is 7.11 Å². The van der Waals surface area contributed by atoms with Crippen LogP contribution in [0.5, 0.6) is 6.01 Å². The molecule has 0 aliphatic carbocycles.